The van der Waals surface area contributed by atoms with Crippen molar-refractivity contribution in [3.05, 3.63) is 83.4 Å². The summed E-state index contributed by atoms with van der Waals surface area (Å²) >= 11 is 0. The molecule has 0 radical (unpaired) electrons. The Morgan fingerprint density at radius 1 is 1.11 bits per heavy atom. The number of aromatic amines is 1. The van der Waals surface area contributed by atoms with Crippen LogP contribution in [-0.2, 0) is 16.6 Å². The Kier molecular flexibility index (Phi) is 6.48. The molecular weight excluding hydrogens is 477 g/mol. The highest BCUT2D eigenvalue weighted by molar-refractivity contribution is 7.88. The Bertz CT molecular complexity index is 1550. The third-order valence-corrected chi connectivity index (χ3v) is 8.05. The molecule has 2 aromatic heterocycles. The first kappa shape index (κ1) is 24.0. The Morgan fingerprint density at radius 3 is 2.56 bits per heavy atom. The number of halogens is 1. The van der Waals surface area contributed by atoms with Crippen LogP contribution in [0.3, 0.4) is 0 Å². The second-order valence-corrected chi connectivity index (χ2v) is 11.1. The summed E-state index contributed by atoms with van der Waals surface area (Å²) in [4.78, 5) is 7.84. The first-order chi connectivity index (χ1) is 17.3. The number of benzene rings is 2. The van der Waals surface area contributed by atoms with E-state index in [1.165, 1.54) is 16.6 Å². The molecule has 9 heteroatoms. The molecule has 0 spiro atoms. The van der Waals surface area contributed by atoms with Crippen LogP contribution in [0, 0.1) is 17.1 Å². The maximum absolute atomic E-state index is 15.0. The molecule has 0 amide bonds. The molecule has 0 bridgehead atoms. The van der Waals surface area contributed by atoms with Gasteiger partial charge in [0.15, 0.2) is 0 Å². The SMILES string of the molecule is CS(=O)(=O)N1CCC(c2cc3c(-c4cc(NCc5ccc(C#N)cc5)ccc4F)ccnc3[nH]2)CC1. The average Bonchev–Trinajstić information content (AvgIpc) is 3.33. The van der Waals surface area contributed by atoms with Gasteiger partial charge in [-0.1, -0.05) is 12.1 Å². The maximum atomic E-state index is 15.0. The molecule has 2 N–H and O–H groups in total. The summed E-state index contributed by atoms with van der Waals surface area (Å²) in [6.07, 6.45) is 4.35. The largest absolute Gasteiger partial charge is 0.381 e. The van der Waals surface area contributed by atoms with Crippen molar-refractivity contribution in [2.75, 3.05) is 24.7 Å². The Balaban J connectivity index is 1.39. The number of rotatable bonds is 6. The summed E-state index contributed by atoms with van der Waals surface area (Å²) in [5.41, 5.74) is 5.31. The van der Waals surface area contributed by atoms with Gasteiger partial charge in [-0.2, -0.15) is 5.26 Å². The van der Waals surface area contributed by atoms with Gasteiger partial charge < -0.3 is 10.3 Å². The van der Waals surface area contributed by atoms with Crippen LogP contribution in [-0.4, -0.2) is 42.0 Å². The molecule has 1 aliphatic rings. The fourth-order valence-electron chi connectivity index (χ4n) is 4.74. The van der Waals surface area contributed by atoms with Crippen LogP contribution in [0.1, 0.15) is 35.6 Å². The predicted octanol–water partition coefficient (Wildman–Crippen LogP) is 4.99. The van der Waals surface area contributed by atoms with Gasteiger partial charge in [-0.05, 0) is 66.4 Å². The normalized spacial score (nSPS) is 15.1. The van der Waals surface area contributed by atoms with E-state index in [1.807, 2.05) is 24.3 Å². The Hall–Kier alpha value is -3.74. The topological polar surface area (TPSA) is 102 Å². The minimum absolute atomic E-state index is 0.190. The van der Waals surface area contributed by atoms with Gasteiger partial charge in [0.25, 0.3) is 0 Å². The van der Waals surface area contributed by atoms with Gasteiger partial charge in [0.2, 0.25) is 10.0 Å². The number of anilines is 1. The summed E-state index contributed by atoms with van der Waals surface area (Å²) in [5, 5.41) is 13.1. The summed E-state index contributed by atoms with van der Waals surface area (Å²) < 4.78 is 40.2. The molecule has 2 aromatic carbocycles. The van der Waals surface area contributed by atoms with E-state index in [4.69, 9.17) is 5.26 Å². The van der Waals surface area contributed by atoms with Gasteiger partial charge in [0, 0.05) is 54.1 Å². The highest BCUT2D eigenvalue weighted by atomic mass is 32.2. The summed E-state index contributed by atoms with van der Waals surface area (Å²) in [6, 6.07) is 18.2. The van der Waals surface area contributed by atoms with Crippen LogP contribution in [0.2, 0.25) is 0 Å². The fraction of sp³-hybridized carbons (Fsp3) is 0.259. The van der Waals surface area contributed by atoms with Crippen LogP contribution in [0.5, 0.6) is 0 Å². The van der Waals surface area contributed by atoms with Gasteiger partial charge >= 0.3 is 0 Å². The fourth-order valence-corrected chi connectivity index (χ4v) is 5.62. The number of nitrogens with one attached hydrogen (secondary N) is 2. The third kappa shape index (κ3) is 4.96. The van der Waals surface area contributed by atoms with E-state index in [9.17, 15) is 12.8 Å². The number of pyridine rings is 1. The van der Waals surface area contributed by atoms with Crippen LogP contribution in [0.15, 0.2) is 60.8 Å². The van der Waals surface area contributed by atoms with Crippen LogP contribution >= 0.6 is 0 Å². The van der Waals surface area contributed by atoms with E-state index in [-0.39, 0.29) is 11.7 Å². The minimum atomic E-state index is -3.18. The third-order valence-electron chi connectivity index (χ3n) is 6.75. The molecule has 1 saturated heterocycles. The number of H-pyrrole nitrogens is 1. The number of aromatic nitrogens is 2. The van der Waals surface area contributed by atoms with Crippen LogP contribution < -0.4 is 5.32 Å². The predicted molar refractivity (Wildman–Crippen MR) is 138 cm³/mol. The number of hydrogen-bond acceptors (Lipinski definition) is 5. The molecule has 36 heavy (non-hydrogen) atoms. The summed E-state index contributed by atoms with van der Waals surface area (Å²) in [5.74, 6) is -0.133. The van der Waals surface area contributed by atoms with E-state index < -0.39 is 10.0 Å². The molecule has 1 fully saturated rings. The van der Waals surface area contributed by atoms with Crippen LogP contribution in [0.4, 0.5) is 10.1 Å². The van der Waals surface area contributed by atoms with Crippen molar-refractivity contribution in [2.45, 2.75) is 25.3 Å². The number of nitrogens with zero attached hydrogens (tertiary/aromatic N) is 3. The molecule has 0 unspecified atom stereocenters. The van der Waals surface area contributed by atoms with E-state index >= 15 is 0 Å². The van der Waals surface area contributed by atoms with E-state index in [2.05, 4.69) is 21.4 Å². The molecule has 4 aromatic rings. The monoisotopic (exact) mass is 503 g/mol. The number of nitriles is 1. The van der Waals surface area contributed by atoms with Gasteiger partial charge in [-0.25, -0.2) is 22.1 Å². The lowest BCUT2D eigenvalue weighted by atomic mass is 9.94. The molecule has 184 valence electrons. The molecule has 0 saturated carbocycles. The zero-order valence-electron chi connectivity index (χ0n) is 19.8. The lowest BCUT2D eigenvalue weighted by Crippen LogP contribution is -2.37. The molecule has 5 rings (SSSR count). The van der Waals surface area contributed by atoms with Crippen LogP contribution in [0.25, 0.3) is 22.2 Å². The second kappa shape index (κ2) is 9.72. The second-order valence-electron chi connectivity index (χ2n) is 9.14. The van der Waals surface area contributed by atoms with Gasteiger partial charge in [-0.3, -0.25) is 0 Å². The average molecular weight is 504 g/mol. The Labute approximate surface area is 209 Å². The highest BCUT2D eigenvalue weighted by Gasteiger charge is 2.27. The van der Waals surface area contributed by atoms with E-state index in [0.29, 0.717) is 36.4 Å². The van der Waals surface area contributed by atoms with Crippen molar-refractivity contribution in [2.24, 2.45) is 0 Å². The lowest BCUT2D eigenvalue weighted by Gasteiger charge is -2.29. The summed E-state index contributed by atoms with van der Waals surface area (Å²) in [6.45, 7) is 1.52. The maximum Gasteiger partial charge on any atom is 0.211 e. The zero-order chi connectivity index (χ0) is 25.3. The van der Waals surface area contributed by atoms with Crippen molar-refractivity contribution < 1.29 is 12.8 Å². The molecule has 1 aliphatic heterocycles. The van der Waals surface area contributed by atoms with Gasteiger partial charge in [-0.15, -0.1) is 0 Å². The van der Waals surface area contributed by atoms with Crippen molar-refractivity contribution in [3.8, 4) is 17.2 Å². The first-order valence-electron chi connectivity index (χ1n) is 11.8. The minimum Gasteiger partial charge on any atom is -0.381 e. The standard InChI is InChI=1S/C27H26FN5O2S/c1-36(34,35)33-12-9-20(10-13-33)26-15-24-22(8-11-30-27(24)32-26)23-14-21(6-7-25(23)28)31-17-19-4-2-18(16-29)3-5-19/h2-8,11,14-15,20,31H,9-10,12-13,17H2,1H3,(H,30,32). The first-order valence-corrected chi connectivity index (χ1v) is 13.6. The van der Waals surface area contributed by atoms with Crippen molar-refractivity contribution in [1.82, 2.24) is 14.3 Å². The number of sulfonamides is 1. The molecule has 0 aliphatic carbocycles. The van der Waals surface area contributed by atoms with Gasteiger partial charge in [0.1, 0.15) is 11.5 Å². The van der Waals surface area contributed by atoms with Crippen molar-refractivity contribution >= 4 is 26.7 Å². The van der Waals surface area contributed by atoms with Crippen molar-refractivity contribution in [1.29, 1.82) is 5.26 Å². The van der Waals surface area contributed by atoms with E-state index in [0.717, 1.165) is 40.7 Å². The molecule has 3 heterocycles. The summed E-state index contributed by atoms with van der Waals surface area (Å²) in [7, 11) is -3.18. The van der Waals surface area contributed by atoms with Gasteiger partial charge in [0.05, 0.1) is 17.9 Å². The van der Waals surface area contributed by atoms with E-state index in [1.54, 1.807) is 30.5 Å². The number of hydrogen-bond donors (Lipinski definition) is 2. The lowest BCUT2D eigenvalue weighted by molar-refractivity contribution is 0.319. The highest BCUT2D eigenvalue weighted by Crippen LogP contribution is 2.35. The molecule has 0 atom stereocenters. The Morgan fingerprint density at radius 2 is 1.86 bits per heavy atom. The number of fused-ring (bicyclic) bond motifs is 1. The molecule has 7 nitrogen and oxygen atoms in total. The quantitative estimate of drug-likeness (QED) is 0.386. The molecular formula is C27H26FN5O2S. The van der Waals surface area contributed by atoms with Crippen molar-refractivity contribution in [3.63, 3.8) is 0 Å². The smallest absolute Gasteiger partial charge is 0.211 e. The zero-order valence-corrected chi connectivity index (χ0v) is 20.6. The number of piperidine rings is 1.